The summed E-state index contributed by atoms with van der Waals surface area (Å²) in [6.45, 7) is 2.11. The summed E-state index contributed by atoms with van der Waals surface area (Å²) in [5.41, 5.74) is 1.25. The lowest BCUT2D eigenvalue weighted by Crippen LogP contribution is -2.50. The molecule has 3 rings (SSSR count). The Labute approximate surface area is 193 Å². The van der Waals surface area contributed by atoms with Gasteiger partial charge in [-0.05, 0) is 18.1 Å². The van der Waals surface area contributed by atoms with Gasteiger partial charge in [0.2, 0.25) is 17.7 Å². The monoisotopic (exact) mass is 454 g/mol. The van der Waals surface area contributed by atoms with Gasteiger partial charge in [0.25, 0.3) is 5.91 Å². The quantitative estimate of drug-likeness (QED) is 0.679. The van der Waals surface area contributed by atoms with Gasteiger partial charge >= 0.3 is 0 Å². The number of pyridine rings is 1. The minimum atomic E-state index is -0.795. The highest BCUT2D eigenvalue weighted by atomic mass is 16.5. The summed E-state index contributed by atoms with van der Waals surface area (Å²) in [6, 6.07) is 11.9. The van der Waals surface area contributed by atoms with Gasteiger partial charge in [0.1, 0.15) is 6.04 Å². The molecule has 9 heteroatoms. The van der Waals surface area contributed by atoms with Crippen LogP contribution in [0, 0.1) is 0 Å². The van der Waals surface area contributed by atoms with Crippen molar-refractivity contribution in [3.05, 3.63) is 59.8 Å². The summed E-state index contributed by atoms with van der Waals surface area (Å²) in [7, 11) is 1.50. The Balaban J connectivity index is 1.77. The van der Waals surface area contributed by atoms with Gasteiger partial charge < -0.3 is 25.0 Å². The zero-order chi connectivity index (χ0) is 23.5. The van der Waals surface area contributed by atoms with Crippen molar-refractivity contribution in [2.45, 2.75) is 25.3 Å². The first-order valence-electron chi connectivity index (χ1n) is 11.0. The minimum Gasteiger partial charge on any atom is -0.481 e. The van der Waals surface area contributed by atoms with E-state index >= 15 is 0 Å². The molecule has 0 spiro atoms. The molecule has 1 aliphatic heterocycles. The second-order valence-corrected chi connectivity index (χ2v) is 7.70. The molecule has 1 aromatic carbocycles. The molecule has 0 saturated carbocycles. The number of rotatable bonds is 6. The highest BCUT2D eigenvalue weighted by Gasteiger charge is 2.27. The lowest BCUT2D eigenvalue weighted by Gasteiger charge is -2.28. The van der Waals surface area contributed by atoms with E-state index in [1.165, 1.54) is 13.3 Å². The summed E-state index contributed by atoms with van der Waals surface area (Å²) >= 11 is 0. The van der Waals surface area contributed by atoms with E-state index in [1.54, 1.807) is 17.0 Å². The predicted molar refractivity (Wildman–Crippen MR) is 122 cm³/mol. The number of hydrogen-bond acceptors (Lipinski definition) is 6. The molecular formula is C24H30N4O5. The minimum absolute atomic E-state index is 0.133. The fourth-order valence-corrected chi connectivity index (χ4v) is 3.53. The molecular weight excluding hydrogens is 424 g/mol. The van der Waals surface area contributed by atoms with E-state index in [9.17, 15) is 14.4 Å². The number of aromatic nitrogens is 1. The highest BCUT2D eigenvalue weighted by Crippen LogP contribution is 2.11. The smallest absolute Gasteiger partial charge is 0.253 e. The summed E-state index contributed by atoms with van der Waals surface area (Å²) in [4.78, 5) is 44.2. The Kier molecular flexibility index (Phi) is 9.19. The molecule has 0 radical (unpaired) electrons. The number of nitrogens with one attached hydrogen (secondary N) is 2. The SMILES string of the molecule is COc1ccc(C(=O)N[C@@H](Cc2ccccc2)C(=O)N2CCCOCCNC(=O)CC2)cn1. The Bertz CT molecular complexity index is 920. The molecule has 33 heavy (non-hydrogen) atoms. The Hall–Kier alpha value is -3.46. The molecule has 2 heterocycles. The summed E-state index contributed by atoms with van der Waals surface area (Å²) in [6.07, 6.45) is 2.58. The zero-order valence-electron chi connectivity index (χ0n) is 18.8. The molecule has 2 aromatic rings. The van der Waals surface area contributed by atoms with Gasteiger partial charge in [-0.3, -0.25) is 14.4 Å². The number of hydrogen-bond donors (Lipinski definition) is 2. The van der Waals surface area contributed by atoms with E-state index in [0.29, 0.717) is 50.6 Å². The van der Waals surface area contributed by atoms with Crippen LogP contribution in [0.3, 0.4) is 0 Å². The molecule has 1 fully saturated rings. The maximum absolute atomic E-state index is 13.5. The van der Waals surface area contributed by atoms with Gasteiger partial charge in [0.15, 0.2) is 0 Å². The van der Waals surface area contributed by atoms with E-state index in [4.69, 9.17) is 9.47 Å². The standard InChI is InChI=1S/C24H30N4O5/c1-32-22-9-8-19(17-26-22)23(30)27-20(16-18-6-3-2-4-7-18)24(31)28-12-5-14-33-15-11-25-21(29)10-13-28/h2-4,6-9,17,20H,5,10-16H2,1H3,(H,25,29)(H,27,30)/t20-/m0/s1. The van der Waals surface area contributed by atoms with E-state index < -0.39 is 11.9 Å². The van der Waals surface area contributed by atoms with Crippen LogP contribution in [-0.2, 0) is 20.7 Å². The molecule has 176 valence electrons. The van der Waals surface area contributed by atoms with Crippen LogP contribution in [0.2, 0.25) is 0 Å². The first kappa shape index (κ1) is 24.2. The maximum Gasteiger partial charge on any atom is 0.253 e. The Morgan fingerprint density at radius 3 is 2.73 bits per heavy atom. The lowest BCUT2D eigenvalue weighted by atomic mass is 10.0. The summed E-state index contributed by atoms with van der Waals surface area (Å²) < 4.78 is 10.5. The maximum atomic E-state index is 13.5. The number of carbonyl (C=O) groups is 3. The van der Waals surface area contributed by atoms with Crippen molar-refractivity contribution >= 4 is 17.7 Å². The second kappa shape index (κ2) is 12.5. The third kappa shape index (κ3) is 7.57. The first-order chi connectivity index (χ1) is 16.1. The molecule has 0 aliphatic carbocycles. The van der Waals surface area contributed by atoms with Crippen LogP contribution >= 0.6 is 0 Å². The topological polar surface area (TPSA) is 110 Å². The third-order valence-corrected chi connectivity index (χ3v) is 5.30. The Morgan fingerprint density at radius 1 is 1.18 bits per heavy atom. The number of amides is 3. The number of carbonyl (C=O) groups excluding carboxylic acids is 3. The van der Waals surface area contributed by atoms with Gasteiger partial charge in [-0.25, -0.2) is 4.98 Å². The molecule has 1 saturated heterocycles. The average molecular weight is 455 g/mol. The molecule has 1 aromatic heterocycles. The zero-order valence-corrected chi connectivity index (χ0v) is 18.8. The van der Waals surface area contributed by atoms with Crippen molar-refractivity contribution in [3.8, 4) is 5.88 Å². The summed E-state index contributed by atoms with van der Waals surface area (Å²) in [5, 5.41) is 5.64. The normalized spacial score (nSPS) is 16.2. The first-order valence-corrected chi connectivity index (χ1v) is 11.0. The number of benzene rings is 1. The van der Waals surface area contributed by atoms with Crippen molar-refractivity contribution < 1.29 is 23.9 Å². The van der Waals surface area contributed by atoms with E-state index in [1.807, 2.05) is 30.3 Å². The van der Waals surface area contributed by atoms with Crippen LogP contribution < -0.4 is 15.4 Å². The number of methoxy groups -OCH3 is 1. The van der Waals surface area contributed by atoms with Gasteiger partial charge in [-0.1, -0.05) is 30.3 Å². The average Bonchev–Trinajstić information content (AvgIpc) is 2.89. The van der Waals surface area contributed by atoms with Gasteiger partial charge in [-0.2, -0.15) is 0 Å². The fraction of sp³-hybridized carbons (Fsp3) is 0.417. The van der Waals surface area contributed by atoms with Crippen LogP contribution in [0.15, 0.2) is 48.7 Å². The third-order valence-electron chi connectivity index (χ3n) is 5.30. The van der Waals surface area contributed by atoms with Crippen LogP contribution in [0.1, 0.15) is 28.8 Å². The second-order valence-electron chi connectivity index (χ2n) is 7.70. The van der Waals surface area contributed by atoms with Crippen LogP contribution in [0.25, 0.3) is 0 Å². The number of nitrogens with zero attached hydrogens (tertiary/aromatic N) is 2. The fourth-order valence-electron chi connectivity index (χ4n) is 3.53. The molecule has 1 atom stereocenters. The van der Waals surface area contributed by atoms with E-state index in [2.05, 4.69) is 15.6 Å². The predicted octanol–water partition coefficient (Wildman–Crippen LogP) is 1.19. The van der Waals surface area contributed by atoms with E-state index in [-0.39, 0.29) is 24.8 Å². The highest BCUT2D eigenvalue weighted by molar-refractivity contribution is 5.97. The molecule has 9 nitrogen and oxygen atoms in total. The largest absolute Gasteiger partial charge is 0.481 e. The van der Waals surface area contributed by atoms with Crippen molar-refractivity contribution in [3.63, 3.8) is 0 Å². The van der Waals surface area contributed by atoms with Crippen LogP contribution in [-0.4, -0.2) is 73.6 Å². The van der Waals surface area contributed by atoms with Gasteiger partial charge in [0.05, 0.1) is 19.3 Å². The van der Waals surface area contributed by atoms with Crippen molar-refractivity contribution in [1.29, 1.82) is 0 Å². The van der Waals surface area contributed by atoms with Crippen LogP contribution in [0.4, 0.5) is 0 Å². The van der Waals surface area contributed by atoms with Crippen LogP contribution in [0.5, 0.6) is 5.88 Å². The number of ether oxygens (including phenoxy) is 2. The van der Waals surface area contributed by atoms with Gasteiger partial charge in [0, 0.05) is 51.3 Å². The Morgan fingerprint density at radius 2 is 2.00 bits per heavy atom. The van der Waals surface area contributed by atoms with E-state index in [0.717, 1.165) is 5.56 Å². The molecule has 0 unspecified atom stereocenters. The molecule has 3 amide bonds. The molecule has 2 N–H and O–H groups in total. The molecule has 1 aliphatic rings. The van der Waals surface area contributed by atoms with Crippen molar-refractivity contribution in [2.75, 3.05) is 40.0 Å². The molecule has 0 bridgehead atoms. The lowest BCUT2D eigenvalue weighted by molar-refractivity contribution is -0.134. The van der Waals surface area contributed by atoms with Gasteiger partial charge in [-0.15, -0.1) is 0 Å². The summed E-state index contributed by atoms with van der Waals surface area (Å²) in [5.74, 6) is -0.377. The van der Waals surface area contributed by atoms with Crippen molar-refractivity contribution in [2.24, 2.45) is 0 Å². The van der Waals surface area contributed by atoms with Crippen molar-refractivity contribution in [1.82, 2.24) is 20.5 Å².